The summed E-state index contributed by atoms with van der Waals surface area (Å²) in [6, 6.07) is 14.5. The van der Waals surface area contributed by atoms with Gasteiger partial charge in [0.25, 0.3) is 0 Å². The van der Waals surface area contributed by atoms with Crippen LogP contribution in [0.4, 0.5) is 5.69 Å². The van der Waals surface area contributed by atoms with Crippen molar-refractivity contribution in [3.05, 3.63) is 65.9 Å². The number of aromatic nitrogens is 1. The molecule has 130 valence electrons. The summed E-state index contributed by atoms with van der Waals surface area (Å²) >= 11 is 0. The maximum Gasteiger partial charge on any atom is 0.313 e. The summed E-state index contributed by atoms with van der Waals surface area (Å²) < 4.78 is 0. The molecule has 2 heterocycles. The molecule has 2 aromatic carbocycles. The second kappa shape index (κ2) is 6.48. The summed E-state index contributed by atoms with van der Waals surface area (Å²) in [4.78, 5) is 30.6. The van der Waals surface area contributed by atoms with Crippen molar-refractivity contribution in [1.29, 1.82) is 0 Å². The Hall–Kier alpha value is -3.41. The number of hydrogen-bond acceptors (Lipinski definition) is 4. The number of benzene rings is 2. The number of fused-ring (bicyclic) bond motifs is 2. The minimum Gasteiger partial charge on any atom is -0.508 e. The molecule has 1 aromatic heterocycles. The SMILES string of the molecule is O=C(Nc1cnc2ccccc2c1)C(=O)N1CCc2ccc(O)cc2C1. The number of anilines is 1. The molecule has 1 aliphatic rings. The van der Waals surface area contributed by atoms with Gasteiger partial charge in [-0.05, 0) is 41.8 Å². The van der Waals surface area contributed by atoms with E-state index in [2.05, 4.69) is 10.3 Å². The summed E-state index contributed by atoms with van der Waals surface area (Å²) in [5.41, 5.74) is 3.26. The summed E-state index contributed by atoms with van der Waals surface area (Å²) in [6.45, 7) is 0.784. The van der Waals surface area contributed by atoms with Crippen LogP contribution in [0, 0.1) is 0 Å². The van der Waals surface area contributed by atoms with Gasteiger partial charge in [0, 0.05) is 18.5 Å². The molecule has 0 aliphatic carbocycles. The van der Waals surface area contributed by atoms with Gasteiger partial charge in [-0.3, -0.25) is 14.6 Å². The van der Waals surface area contributed by atoms with Crippen LogP contribution in [0.5, 0.6) is 5.75 Å². The molecule has 0 spiro atoms. The molecule has 0 bridgehead atoms. The van der Waals surface area contributed by atoms with Crippen molar-refractivity contribution in [2.24, 2.45) is 0 Å². The molecule has 0 atom stereocenters. The van der Waals surface area contributed by atoms with E-state index >= 15 is 0 Å². The van der Waals surface area contributed by atoms with Crippen LogP contribution in [0.3, 0.4) is 0 Å². The molecule has 6 nitrogen and oxygen atoms in total. The lowest BCUT2D eigenvalue weighted by Gasteiger charge is -2.28. The number of carbonyl (C=O) groups excluding carboxylic acids is 2. The van der Waals surface area contributed by atoms with Crippen LogP contribution >= 0.6 is 0 Å². The lowest BCUT2D eigenvalue weighted by molar-refractivity contribution is -0.143. The standard InChI is InChI=1S/C20H17N3O3/c24-17-6-5-13-7-8-23(12-15(13)10-17)20(26)19(25)22-16-9-14-3-1-2-4-18(14)21-11-16/h1-6,9-11,24H,7-8,12H2,(H,22,25). The molecule has 2 amide bonds. The van der Waals surface area contributed by atoms with Gasteiger partial charge in [-0.2, -0.15) is 0 Å². The largest absolute Gasteiger partial charge is 0.508 e. The summed E-state index contributed by atoms with van der Waals surface area (Å²) in [5, 5.41) is 13.1. The number of rotatable bonds is 1. The van der Waals surface area contributed by atoms with Gasteiger partial charge in [0.2, 0.25) is 0 Å². The molecule has 0 unspecified atom stereocenters. The van der Waals surface area contributed by atoms with E-state index in [-0.39, 0.29) is 5.75 Å². The Morgan fingerprint density at radius 3 is 2.81 bits per heavy atom. The molecule has 6 heteroatoms. The highest BCUT2D eigenvalue weighted by Crippen LogP contribution is 2.23. The van der Waals surface area contributed by atoms with Gasteiger partial charge in [0.05, 0.1) is 17.4 Å². The number of para-hydroxylation sites is 1. The Morgan fingerprint density at radius 1 is 1.08 bits per heavy atom. The fourth-order valence-electron chi connectivity index (χ4n) is 3.18. The summed E-state index contributed by atoms with van der Waals surface area (Å²) in [7, 11) is 0. The zero-order chi connectivity index (χ0) is 18.1. The zero-order valence-corrected chi connectivity index (χ0v) is 14.0. The Labute approximate surface area is 150 Å². The number of phenols is 1. The molecule has 0 saturated heterocycles. The number of nitrogens with zero attached hydrogens (tertiary/aromatic N) is 2. The lowest BCUT2D eigenvalue weighted by Crippen LogP contribution is -2.42. The number of phenolic OH excluding ortho intramolecular Hbond substituents is 1. The van der Waals surface area contributed by atoms with Gasteiger partial charge < -0.3 is 15.3 Å². The summed E-state index contributed by atoms with van der Waals surface area (Å²) in [6.07, 6.45) is 2.20. The highest BCUT2D eigenvalue weighted by atomic mass is 16.3. The van der Waals surface area contributed by atoms with E-state index in [0.717, 1.165) is 22.0 Å². The van der Waals surface area contributed by atoms with E-state index < -0.39 is 11.8 Å². The van der Waals surface area contributed by atoms with Crippen LogP contribution in [-0.2, 0) is 22.6 Å². The predicted octanol–water partition coefficient (Wildman–Crippen LogP) is 2.46. The van der Waals surface area contributed by atoms with Crippen molar-refractivity contribution in [2.75, 3.05) is 11.9 Å². The Morgan fingerprint density at radius 2 is 1.92 bits per heavy atom. The van der Waals surface area contributed by atoms with Crippen LogP contribution in [0.15, 0.2) is 54.7 Å². The first-order chi connectivity index (χ1) is 12.6. The maximum absolute atomic E-state index is 12.5. The van der Waals surface area contributed by atoms with Crippen molar-refractivity contribution in [2.45, 2.75) is 13.0 Å². The Balaban J connectivity index is 1.48. The maximum atomic E-state index is 12.5. The fraction of sp³-hybridized carbons (Fsp3) is 0.150. The molecule has 2 N–H and O–H groups in total. The molecule has 0 fully saturated rings. The van der Waals surface area contributed by atoms with E-state index in [4.69, 9.17) is 0 Å². The van der Waals surface area contributed by atoms with Crippen molar-refractivity contribution < 1.29 is 14.7 Å². The predicted molar refractivity (Wildman–Crippen MR) is 97.6 cm³/mol. The number of aromatic hydroxyl groups is 1. The highest BCUT2D eigenvalue weighted by molar-refractivity contribution is 6.39. The molecule has 3 aromatic rings. The molecule has 4 rings (SSSR count). The molecule has 1 aliphatic heterocycles. The first-order valence-corrected chi connectivity index (χ1v) is 8.36. The number of pyridine rings is 1. The Bertz CT molecular complexity index is 1020. The van der Waals surface area contributed by atoms with Crippen LogP contribution < -0.4 is 5.32 Å². The lowest BCUT2D eigenvalue weighted by atomic mass is 9.99. The fourth-order valence-corrected chi connectivity index (χ4v) is 3.18. The van der Waals surface area contributed by atoms with E-state index in [9.17, 15) is 14.7 Å². The Kier molecular flexibility index (Phi) is 4.01. The number of amides is 2. The third kappa shape index (κ3) is 3.09. The number of nitrogens with one attached hydrogen (secondary N) is 1. The first-order valence-electron chi connectivity index (χ1n) is 8.36. The quantitative estimate of drug-likeness (QED) is 0.663. The van der Waals surface area contributed by atoms with Gasteiger partial charge in [-0.15, -0.1) is 0 Å². The minimum atomic E-state index is -0.689. The highest BCUT2D eigenvalue weighted by Gasteiger charge is 2.26. The van der Waals surface area contributed by atoms with E-state index in [1.165, 1.54) is 11.1 Å². The monoisotopic (exact) mass is 347 g/mol. The third-order valence-electron chi connectivity index (χ3n) is 4.53. The van der Waals surface area contributed by atoms with Crippen LogP contribution in [0.1, 0.15) is 11.1 Å². The zero-order valence-electron chi connectivity index (χ0n) is 14.0. The second-order valence-corrected chi connectivity index (χ2v) is 6.30. The van der Waals surface area contributed by atoms with Crippen LogP contribution in [0.25, 0.3) is 10.9 Å². The molecular weight excluding hydrogens is 330 g/mol. The van der Waals surface area contributed by atoms with Gasteiger partial charge in [0.1, 0.15) is 5.75 Å². The average Bonchev–Trinajstić information content (AvgIpc) is 2.66. The van der Waals surface area contributed by atoms with Crippen molar-refractivity contribution in [3.8, 4) is 5.75 Å². The molecule has 26 heavy (non-hydrogen) atoms. The van der Waals surface area contributed by atoms with Crippen LogP contribution in [0.2, 0.25) is 0 Å². The molecule has 0 saturated carbocycles. The van der Waals surface area contributed by atoms with E-state index in [1.807, 2.05) is 30.3 Å². The van der Waals surface area contributed by atoms with Crippen molar-refractivity contribution in [1.82, 2.24) is 9.88 Å². The minimum absolute atomic E-state index is 0.157. The number of carbonyl (C=O) groups is 2. The first kappa shape index (κ1) is 16.1. The summed E-state index contributed by atoms with van der Waals surface area (Å²) in [5.74, 6) is -1.12. The van der Waals surface area contributed by atoms with E-state index in [0.29, 0.717) is 25.2 Å². The van der Waals surface area contributed by atoms with Crippen molar-refractivity contribution in [3.63, 3.8) is 0 Å². The van der Waals surface area contributed by atoms with Crippen LogP contribution in [-0.4, -0.2) is 33.3 Å². The van der Waals surface area contributed by atoms with Gasteiger partial charge in [-0.1, -0.05) is 24.3 Å². The topological polar surface area (TPSA) is 82.5 Å². The van der Waals surface area contributed by atoms with Gasteiger partial charge in [-0.25, -0.2) is 0 Å². The number of hydrogen-bond donors (Lipinski definition) is 2. The van der Waals surface area contributed by atoms with E-state index in [1.54, 1.807) is 18.2 Å². The van der Waals surface area contributed by atoms with Gasteiger partial charge >= 0.3 is 11.8 Å². The molecular formula is C20H17N3O3. The smallest absolute Gasteiger partial charge is 0.313 e. The molecule has 0 radical (unpaired) electrons. The third-order valence-corrected chi connectivity index (χ3v) is 4.53. The normalized spacial score (nSPS) is 13.3. The average molecular weight is 347 g/mol. The van der Waals surface area contributed by atoms with Crippen molar-refractivity contribution >= 4 is 28.4 Å². The second-order valence-electron chi connectivity index (χ2n) is 6.30. The van der Waals surface area contributed by atoms with Gasteiger partial charge in [0.15, 0.2) is 0 Å².